The fraction of sp³-hybridized carbons (Fsp3) is 0.464. The number of imidazole rings is 1. The first-order valence-corrected chi connectivity index (χ1v) is 13.2. The van der Waals surface area contributed by atoms with Crippen molar-refractivity contribution in [3.63, 3.8) is 0 Å². The van der Waals surface area contributed by atoms with Gasteiger partial charge in [0, 0.05) is 49.3 Å². The van der Waals surface area contributed by atoms with Gasteiger partial charge in [-0.2, -0.15) is 10.2 Å². The van der Waals surface area contributed by atoms with Gasteiger partial charge in [-0.25, -0.2) is 19.4 Å². The number of rotatable bonds is 5. The van der Waals surface area contributed by atoms with Crippen LogP contribution in [0.1, 0.15) is 72.3 Å². The molecular weight excluding hydrogens is 485 g/mol. The molecule has 3 aliphatic rings. The summed E-state index contributed by atoms with van der Waals surface area (Å²) >= 11 is 0. The van der Waals surface area contributed by atoms with Crippen molar-refractivity contribution in [2.75, 3.05) is 24.6 Å². The van der Waals surface area contributed by atoms with Crippen molar-refractivity contribution in [1.29, 1.82) is 5.26 Å². The van der Waals surface area contributed by atoms with E-state index in [1.165, 1.54) is 24.0 Å². The van der Waals surface area contributed by atoms with Crippen LogP contribution in [-0.2, 0) is 9.63 Å². The quantitative estimate of drug-likeness (QED) is 0.500. The molecule has 4 heterocycles. The summed E-state index contributed by atoms with van der Waals surface area (Å²) in [5.74, 6) is 2.18. The second kappa shape index (κ2) is 9.80. The molecule has 10 heteroatoms. The van der Waals surface area contributed by atoms with E-state index in [4.69, 9.17) is 14.8 Å². The van der Waals surface area contributed by atoms with E-state index < -0.39 is 11.9 Å². The van der Waals surface area contributed by atoms with Crippen molar-refractivity contribution in [3.05, 3.63) is 64.6 Å². The predicted octanol–water partition coefficient (Wildman–Crippen LogP) is 4.29. The number of hydrogen-bond donors (Lipinski definition) is 0. The van der Waals surface area contributed by atoms with E-state index in [-0.39, 0.29) is 17.4 Å². The minimum atomic E-state index is -0.441. The van der Waals surface area contributed by atoms with Crippen molar-refractivity contribution in [2.45, 2.75) is 57.9 Å². The van der Waals surface area contributed by atoms with Crippen molar-refractivity contribution in [3.8, 4) is 11.9 Å². The van der Waals surface area contributed by atoms with E-state index in [1.807, 2.05) is 23.6 Å². The monoisotopic (exact) mass is 515 g/mol. The molecule has 1 aromatic carbocycles. The Morgan fingerprint density at radius 1 is 1.13 bits per heavy atom. The van der Waals surface area contributed by atoms with Crippen LogP contribution < -0.4 is 4.90 Å². The highest BCUT2D eigenvalue weighted by Gasteiger charge is 2.38. The number of carbonyl (C=O) groups excluding carboxylic acids is 1. The summed E-state index contributed by atoms with van der Waals surface area (Å²) in [6, 6.07) is 6.62. The molecule has 2 aliphatic heterocycles. The van der Waals surface area contributed by atoms with Gasteiger partial charge in [0.05, 0.1) is 30.0 Å². The zero-order valence-electron chi connectivity index (χ0n) is 21.6. The third-order valence-corrected chi connectivity index (χ3v) is 7.89. The zero-order valence-corrected chi connectivity index (χ0v) is 21.6. The lowest BCUT2D eigenvalue weighted by atomic mass is 9.94. The van der Waals surface area contributed by atoms with Gasteiger partial charge < -0.3 is 4.90 Å². The Labute approximate surface area is 220 Å². The summed E-state index contributed by atoms with van der Waals surface area (Å²) in [5, 5.41) is 10.8. The second-order valence-electron chi connectivity index (χ2n) is 10.4. The van der Waals surface area contributed by atoms with Crippen molar-refractivity contribution >= 4 is 11.9 Å². The molecular formula is C28H30FN7O2. The Bertz CT molecular complexity index is 1420. The third-order valence-electron chi connectivity index (χ3n) is 7.89. The average molecular weight is 516 g/mol. The van der Waals surface area contributed by atoms with Crippen LogP contribution in [0.3, 0.4) is 0 Å². The summed E-state index contributed by atoms with van der Waals surface area (Å²) in [6.45, 7) is 5.24. The number of anilines is 1. The molecule has 1 aliphatic carbocycles. The lowest BCUT2D eigenvalue weighted by Gasteiger charge is -2.34. The summed E-state index contributed by atoms with van der Waals surface area (Å²) in [6.07, 6.45) is 8.09. The predicted molar refractivity (Wildman–Crippen MR) is 137 cm³/mol. The first-order valence-electron chi connectivity index (χ1n) is 13.2. The molecule has 0 radical (unpaired) electrons. The Morgan fingerprint density at radius 3 is 2.66 bits per heavy atom. The molecule has 3 fully saturated rings. The van der Waals surface area contributed by atoms with E-state index in [0.29, 0.717) is 62.0 Å². The van der Waals surface area contributed by atoms with E-state index >= 15 is 0 Å². The standard InChI is InChI=1S/C28H30FN7O2/c1-17-22(15-30)13-21(14-23(17)29)25-8-12-38-36(25)27(37)20-6-10-34(11-7-20)28-31-9-5-26(33-28)35-16-24(19-3-4-19)32-18(35)2/h5,9,13-14,16,19-20,25H,3-4,6-8,10-12H2,1-2H3. The molecule has 0 bridgehead atoms. The highest BCUT2D eigenvalue weighted by Crippen LogP contribution is 2.39. The van der Waals surface area contributed by atoms with Crippen molar-refractivity contribution < 1.29 is 14.0 Å². The van der Waals surface area contributed by atoms with Crippen LogP contribution in [0.5, 0.6) is 0 Å². The zero-order chi connectivity index (χ0) is 26.4. The van der Waals surface area contributed by atoms with Gasteiger partial charge in [-0.1, -0.05) is 0 Å². The molecule has 3 aromatic rings. The number of hydroxylamine groups is 2. The number of aryl methyl sites for hydroxylation is 1. The Hall–Kier alpha value is -3.84. The Kier molecular flexibility index (Phi) is 6.32. The highest BCUT2D eigenvalue weighted by molar-refractivity contribution is 5.79. The number of carbonyl (C=O) groups is 1. The topological polar surface area (TPSA) is 100 Å². The van der Waals surface area contributed by atoms with E-state index in [1.54, 1.807) is 19.2 Å². The van der Waals surface area contributed by atoms with Crippen LogP contribution in [0.25, 0.3) is 5.82 Å². The first-order chi connectivity index (χ1) is 18.4. The van der Waals surface area contributed by atoms with E-state index in [0.717, 1.165) is 17.3 Å². The fourth-order valence-electron chi connectivity index (χ4n) is 5.43. The first kappa shape index (κ1) is 24.5. The minimum Gasteiger partial charge on any atom is -0.341 e. The molecule has 9 nitrogen and oxygen atoms in total. The van der Waals surface area contributed by atoms with E-state index in [2.05, 4.69) is 16.1 Å². The Balaban J connectivity index is 1.13. The smallest absolute Gasteiger partial charge is 0.249 e. The Morgan fingerprint density at radius 2 is 1.92 bits per heavy atom. The summed E-state index contributed by atoms with van der Waals surface area (Å²) in [5.41, 5.74) is 2.32. The number of amides is 1. The van der Waals surface area contributed by atoms with Crippen molar-refractivity contribution in [2.24, 2.45) is 5.92 Å². The maximum absolute atomic E-state index is 14.4. The maximum atomic E-state index is 14.4. The van der Waals surface area contributed by atoms with Gasteiger partial charge in [-0.3, -0.25) is 14.2 Å². The van der Waals surface area contributed by atoms with Crippen LogP contribution in [-0.4, -0.2) is 50.2 Å². The van der Waals surface area contributed by atoms with Gasteiger partial charge in [0.1, 0.15) is 17.5 Å². The molecule has 196 valence electrons. The lowest BCUT2D eigenvalue weighted by Crippen LogP contribution is -2.42. The molecule has 6 rings (SSSR count). The number of aromatic nitrogens is 4. The van der Waals surface area contributed by atoms with Gasteiger partial charge >= 0.3 is 0 Å². The molecule has 0 N–H and O–H groups in total. The fourth-order valence-corrected chi connectivity index (χ4v) is 5.43. The molecule has 2 saturated heterocycles. The third kappa shape index (κ3) is 4.52. The highest BCUT2D eigenvalue weighted by atomic mass is 19.1. The number of hydrogen-bond acceptors (Lipinski definition) is 7. The second-order valence-corrected chi connectivity index (χ2v) is 10.4. The van der Waals surface area contributed by atoms with Gasteiger partial charge in [-0.15, -0.1) is 0 Å². The van der Waals surface area contributed by atoms with Crippen LogP contribution in [0.4, 0.5) is 10.3 Å². The van der Waals surface area contributed by atoms with Crippen LogP contribution in [0.2, 0.25) is 0 Å². The number of halogens is 1. The normalized spacial score (nSPS) is 20.1. The number of nitrogens with zero attached hydrogens (tertiary/aromatic N) is 7. The number of nitriles is 1. The molecule has 1 amide bonds. The molecule has 1 unspecified atom stereocenters. The average Bonchev–Trinajstić information content (AvgIpc) is 3.54. The summed E-state index contributed by atoms with van der Waals surface area (Å²) < 4.78 is 16.5. The van der Waals surface area contributed by atoms with Gasteiger partial charge in [0.2, 0.25) is 11.9 Å². The number of piperidine rings is 1. The van der Waals surface area contributed by atoms with E-state index in [9.17, 15) is 14.4 Å². The van der Waals surface area contributed by atoms with Crippen LogP contribution in [0, 0.1) is 36.9 Å². The molecule has 38 heavy (non-hydrogen) atoms. The molecule has 1 atom stereocenters. The van der Waals surface area contributed by atoms with Crippen molar-refractivity contribution in [1.82, 2.24) is 24.6 Å². The summed E-state index contributed by atoms with van der Waals surface area (Å²) in [4.78, 5) is 35.3. The molecule has 0 spiro atoms. The van der Waals surface area contributed by atoms with Gasteiger partial charge in [0.25, 0.3) is 0 Å². The SMILES string of the molecule is Cc1c(F)cc(C2CCON2C(=O)C2CCN(c3nccc(-n4cc(C5CC5)nc4C)n3)CC2)cc1C#N. The maximum Gasteiger partial charge on any atom is 0.249 e. The lowest BCUT2D eigenvalue weighted by molar-refractivity contribution is -0.182. The van der Waals surface area contributed by atoms with Gasteiger partial charge in [-0.05, 0) is 63.3 Å². The number of benzene rings is 1. The largest absolute Gasteiger partial charge is 0.341 e. The molecule has 1 saturated carbocycles. The van der Waals surface area contributed by atoms with Crippen LogP contribution >= 0.6 is 0 Å². The molecule has 2 aromatic heterocycles. The minimum absolute atomic E-state index is 0.0945. The summed E-state index contributed by atoms with van der Waals surface area (Å²) in [7, 11) is 0. The van der Waals surface area contributed by atoms with Crippen LogP contribution in [0.15, 0.2) is 30.6 Å². The van der Waals surface area contributed by atoms with Gasteiger partial charge in [0.15, 0.2) is 0 Å².